The minimum atomic E-state index is -1.43. The van der Waals surface area contributed by atoms with Gasteiger partial charge in [-0.3, -0.25) is 0 Å². The Labute approximate surface area is 123 Å². The highest BCUT2D eigenvalue weighted by atomic mass is 32.2. The number of aryl methyl sites for hydroxylation is 1. The van der Waals surface area contributed by atoms with Gasteiger partial charge in [0.25, 0.3) is 0 Å². The topological polar surface area (TPSA) is 49.7 Å². The SMILES string of the molecule is Cc1ccc(SCCOc2ccc(B(O)O)cc2)cc1. The maximum absolute atomic E-state index is 8.99. The maximum atomic E-state index is 8.99. The van der Waals surface area contributed by atoms with Crippen LogP contribution in [-0.4, -0.2) is 29.5 Å². The molecule has 0 saturated heterocycles. The van der Waals surface area contributed by atoms with Crippen molar-refractivity contribution in [3.05, 3.63) is 54.1 Å². The first-order valence-corrected chi connectivity index (χ1v) is 7.42. The molecule has 0 radical (unpaired) electrons. The van der Waals surface area contributed by atoms with Crippen molar-refractivity contribution in [3.8, 4) is 5.75 Å². The van der Waals surface area contributed by atoms with Crippen LogP contribution in [0.25, 0.3) is 0 Å². The van der Waals surface area contributed by atoms with Gasteiger partial charge in [-0.15, -0.1) is 11.8 Å². The first-order chi connectivity index (χ1) is 9.65. The molecule has 2 N–H and O–H groups in total. The van der Waals surface area contributed by atoms with Crippen LogP contribution in [0.4, 0.5) is 0 Å². The van der Waals surface area contributed by atoms with Crippen LogP contribution in [0, 0.1) is 6.92 Å². The Morgan fingerprint density at radius 1 is 1.00 bits per heavy atom. The van der Waals surface area contributed by atoms with E-state index < -0.39 is 7.12 Å². The van der Waals surface area contributed by atoms with Gasteiger partial charge in [0.1, 0.15) is 5.75 Å². The third-order valence-corrected chi connectivity index (χ3v) is 3.80. The molecular formula is C15H17BO3S. The summed E-state index contributed by atoms with van der Waals surface area (Å²) in [5.74, 6) is 1.60. The quantitative estimate of drug-likeness (QED) is 0.484. The summed E-state index contributed by atoms with van der Waals surface area (Å²) >= 11 is 1.75. The standard InChI is InChI=1S/C15H17BO3S/c1-12-2-8-15(9-3-12)20-11-10-19-14-6-4-13(5-7-14)16(17)18/h2-9,17-18H,10-11H2,1H3. The lowest BCUT2D eigenvalue weighted by Gasteiger charge is -2.07. The summed E-state index contributed by atoms with van der Waals surface area (Å²) in [6, 6.07) is 15.2. The minimum Gasteiger partial charge on any atom is -0.493 e. The van der Waals surface area contributed by atoms with Crippen LogP contribution in [0.2, 0.25) is 0 Å². The van der Waals surface area contributed by atoms with Gasteiger partial charge in [-0.25, -0.2) is 0 Å². The summed E-state index contributed by atoms with van der Waals surface area (Å²) in [6.45, 7) is 2.68. The second-order valence-electron chi connectivity index (χ2n) is 4.45. The maximum Gasteiger partial charge on any atom is 0.488 e. The molecular weight excluding hydrogens is 271 g/mol. The molecule has 0 bridgehead atoms. The van der Waals surface area contributed by atoms with Crippen molar-refractivity contribution in [3.63, 3.8) is 0 Å². The van der Waals surface area contributed by atoms with E-state index in [0.29, 0.717) is 12.1 Å². The van der Waals surface area contributed by atoms with Gasteiger partial charge in [0.15, 0.2) is 0 Å². The predicted molar refractivity (Wildman–Crippen MR) is 83.7 cm³/mol. The molecule has 20 heavy (non-hydrogen) atoms. The minimum absolute atomic E-state index is 0.464. The van der Waals surface area contributed by atoms with Crippen LogP contribution in [0.3, 0.4) is 0 Å². The van der Waals surface area contributed by atoms with E-state index in [-0.39, 0.29) is 0 Å². The van der Waals surface area contributed by atoms with Crippen LogP contribution in [0.5, 0.6) is 5.75 Å². The Morgan fingerprint density at radius 2 is 1.65 bits per heavy atom. The van der Waals surface area contributed by atoms with Crippen molar-refractivity contribution in [1.29, 1.82) is 0 Å². The first-order valence-electron chi connectivity index (χ1n) is 6.43. The smallest absolute Gasteiger partial charge is 0.488 e. The molecule has 0 heterocycles. The van der Waals surface area contributed by atoms with Gasteiger partial charge in [0, 0.05) is 10.6 Å². The van der Waals surface area contributed by atoms with Gasteiger partial charge >= 0.3 is 7.12 Å². The van der Waals surface area contributed by atoms with Crippen molar-refractivity contribution in [2.75, 3.05) is 12.4 Å². The van der Waals surface area contributed by atoms with Gasteiger partial charge in [-0.05, 0) is 36.7 Å². The van der Waals surface area contributed by atoms with Crippen LogP contribution in [0.15, 0.2) is 53.4 Å². The zero-order valence-corrected chi connectivity index (χ0v) is 12.1. The highest BCUT2D eigenvalue weighted by Gasteiger charge is 2.09. The number of hydrogen-bond donors (Lipinski definition) is 2. The van der Waals surface area contributed by atoms with E-state index >= 15 is 0 Å². The molecule has 0 fully saturated rings. The largest absolute Gasteiger partial charge is 0.493 e. The average molecular weight is 288 g/mol. The molecule has 0 amide bonds. The van der Waals surface area contributed by atoms with Gasteiger partial charge in [0.05, 0.1) is 6.61 Å². The molecule has 2 rings (SSSR count). The predicted octanol–water partition coefficient (Wildman–Crippen LogP) is 1.85. The van der Waals surface area contributed by atoms with Crippen molar-refractivity contribution >= 4 is 24.3 Å². The molecule has 5 heteroatoms. The molecule has 0 atom stereocenters. The van der Waals surface area contributed by atoms with E-state index in [9.17, 15) is 0 Å². The van der Waals surface area contributed by atoms with Crippen molar-refractivity contribution in [2.45, 2.75) is 11.8 Å². The number of hydrogen-bond acceptors (Lipinski definition) is 4. The Bertz CT molecular complexity index is 526. The van der Waals surface area contributed by atoms with E-state index in [2.05, 4.69) is 31.2 Å². The first kappa shape index (κ1) is 15.0. The summed E-state index contributed by atoms with van der Waals surface area (Å²) in [4.78, 5) is 1.23. The highest BCUT2D eigenvalue weighted by Crippen LogP contribution is 2.18. The van der Waals surface area contributed by atoms with Crippen molar-refractivity contribution in [1.82, 2.24) is 0 Å². The summed E-state index contributed by atoms with van der Waals surface area (Å²) in [5.41, 5.74) is 1.73. The molecule has 0 spiro atoms. The molecule has 2 aromatic carbocycles. The number of benzene rings is 2. The summed E-state index contributed by atoms with van der Waals surface area (Å²) in [6.07, 6.45) is 0. The average Bonchev–Trinajstić information content (AvgIpc) is 2.46. The Kier molecular flexibility index (Phi) is 5.53. The van der Waals surface area contributed by atoms with E-state index in [4.69, 9.17) is 14.8 Å². The van der Waals surface area contributed by atoms with Gasteiger partial charge in [-0.1, -0.05) is 29.8 Å². The zero-order valence-electron chi connectivity index (χ0n) is 11.3. The lowest BCUT2D eigenvalue weighted by Crippen LogP contribution is -2.29. The second kappa shape index (κ2) is 7.38. The van der Waals surface area contributed by atoms with Crippen LogP contribution in [0.1, 0.15) is 5.56 Å². The van der Waals surface area contributed by atoms with Gasteiger partial charge in [0.2, 0.25) is 0 Å². The fourth-order valence-electron chi connectivity index (χ4n) is 1.69. The highest BCUT2D eigenvalue weighted by molar-refractivity contribution is 7.99. The fourth-order valence-corrected chi connectivity index (χ4v) is 2.42. The molecule has 0 aliphatic carbocycles. The third kappa shape index (κ3) is 4.60. The number of rotatable bonds is 6. The molecule has 2 aromatic rings. The Morgan fingerprint density at radius 3 is 2.25 bits per heavy atom. The number of thioether (sulfide) groups is 1. The lowest BCUT2D eigenvalue weighted by atomic mass is 9.80. The van der Waals surface area contributed by atoms with Gasteiger partial charge in [-0.2, -0.15) is 0 Å². The second-order valence-corrected chi connectivity index (χ2v) is 5.62. The molecule has 104 valence electrons. The molecule has 0 aliphatic heterocycles. The van der Waals surface area contributed by atoms with E-state index in [1.54, 1.807) is 36.0 Å². The monoisotopic (exact) mass is 288 g/mol. The van der Waals surface area contributed by atoms with Crippen molar-refractivity contribution < 1.29 is 14.8 Å². The van der Waals surface area contributed by atoms with Gasteiger partial charge < -0.3 is 14.8 Å². The van der Waals surface area contributed by atoms with Crippen LogP contribution in [-0.2, 0) is 0 Å². The molecule has 0 aliphatic rings. The van der Waals surface area contributed by atoms with Crippen LogP contribution < -0.4 is 10.2 Å². The molecule has 0 aromatic heterocycles. The van der Waals surface area contributed by atoms with Crippen LogP contribution >= 0.6 is 11.8 Å². The molecule has 0 unspecified atom stereocenters. The zero-order chi connectivity index (χ0) is 14.4. The molecule has 3 nitrogen and oxygen atoms in total. The van der Waals surface area contributed by atoms with E-state index in [1.807, 2.05) is 0 Å². The van der Waals surface area contributed by atoms with Crippen molar-refractivity contribution in [2.24, 2.45) is 0 Å². The van der Waals surface area contributed by atoms with E-state index in [0.717, 1.165) is 11.5 Å². The Balaban J connectivity index is 1.74. The molecule has 0 saturated carbocycles. The third-order valence-electron chi connectivity index (χ3n) is 2.82. The summed E-state index contributed by atoms with van der Waals surface area (Å²) < 4.78 is 5.60. The normalized spacial score (nSPS) is 10.3. The Hall–Kier alpha value is -1.43. The summed E-state index contributed by atoms with van der Waals surface area (Å²) in [7, 11) is -1.43. The fraction of sp³-hybridized carbons (Fsp3) is 0.200. The summed E-state index contributed by atoms with van der Waals surface area (Å²) in [5, 5.41) is 18.0. The lowest BCUT2D eigenvalue weighted by molar-refractivity contribution is 0.344. The number of ether oxygens (including phenoxy) is 1. The van der Waals surface area contributed by atoms with E-state index in [1.165, 1.54) is 10.5 Å².